The number of amides is 1. The molecule has 1 saturated heterocycles. The third kappa shape index (κ3) is 2.75. The number of nitrogens with one attached hydrogen (secondary N) is 3. The fourth-order valence-electron chi connectivity index (χ4n) is 3.30. The monoisotopic (exact) mass is 363 g/mol. The van der Waals surface area contributed by atoms with Crippen LogP contribution >= 0.6 is 11.6 Å². The maximum absolute atomic E-state index is 15.2. The molecule has 1 amide bonds. The molecule has 4 rings (SSSR count). The van der Waals surface area contributed by atoms with Gasteiger partial charge < -0.3 is 16.0 Å². The Labute approximate surface area is 148 Å². The molecule has 0 spiro atoms. The normalized spacial score (nSPS) is 19.8. The number of fused-ring (bicyclic) bond motifs is 1. The molecular formula is C18H16ClF2N3O. The Kier molecular flexibility index (Phi) is 4.09. The molecule has 0 radical (unpaired) electrons. The van der Waals surface area contributed by atoms with E-state index in [0.717, 1.165) is 13.1 Å². The molecule has 3 N–H and O–H groups in total. The fraction of sp³-hybridized carbons (Fsp3) is 0.278. The van der Waals surface area contributed by atoms with Crippen LogP contribution in [0.4, 0.5) is 14.5 Å². The van der Waals surface area contributed by atoms with Gasteiger partial charge in [0.05, 0.1) is 16.8 Å². The molecule has 7 heteroatoms. The minimum Gasteiger partial charge on any atom is -0.377 e. The molecule has 4 nitrogen and oxygen atoms in total. The van der Waals surface area contributed by atoms with Gasteiger partial charge in [-0.25, -0.2) is 8.78 Å². The third-order valence-electron chi connectivity index (χ3n) is 4.74. The topological polar surface area (TPSA) is 53.2 Å². The Hall–Kier alpha value is -2.18. The Bertz CT molecular complexity index is 854. The van der Waals surface area contributed by atoms with Crippen molar-refractivity contribution in [3.8, 4) is 0 Å². The van der Waals surface area contributed by atoms with Crippen molar-refractivity contribution in [2.45, 2.75) is 12.0 Å². The minimum atomic E-state index is -0.632. The highest BCUT2D eigenvalue weighted by molar-refractivity contribution is 6.30. The summed E-state index contributed by atoms with van der Waals surface area (Å²) < 4.78 is 29.7. The molecule has 2 heterocycles. The van der Waals surface area contributed by atoms with E-state index < -0.39 is 17.6 Å². The van der Waals surface area contributed by atoms with Crippen LogP contribution < -0.4 is 16.0 Å². The number of carbonyl (C=O) groups excluding carboxylic acids is 1. The Morgan fingerprint density at radius 2 is 1.88 bits per heavy atom. The molecule has 0 saturated carbocycles. The van der Waals surface area contributed by atoms with Crippen LogP contribution in [0.3, 0.4) is 0 Å². The maximum Gasteiger partial charge on any atom is 0.251 e. The molecule has 1 unspecified atom stereocenters. The average molecular weight is 364 g/mol. The first-order valence-electron chi connectivity index (χ1n) is 8.08. The largest absolute Gasteiger partial charge is 0.377 e. The van der Waals surface area contributed by atoms with Gasteiger partial charge in [-0.15, -0.1) is 0 Å². The number of carbonyl (C=O) groups is 1. The van der Waals surface area contributed by atoms with Crippen molar-refractivity contribution in [2.24, 2.45) is 0 Å². The summed E-state index contributed by atoms with van der Waals surface area (Å²) in [5, 5.41) is 8.90. The number of hydrogen-bond acceptors (Lipinski definition) is 3. The predicted octanol–water partition coefficient (Wildman–Crippen LogP) is 2.88. The zero-order valence-electron chi connectivity index (χ0n) is 13.2. The number of benzene rings is 2. The molecule has 1 fully saturated rings. The molecule has 2 aromatic carbocycles. The highest BCUT2D eigenvalue weighted by Gasteiger charge is 2.33. The lowest BCUT2D eigenvalue weighted by Crippen LogP contribution is -2.51. The van der Waals surface area contributed by atoms with Gasteiger partial charge in [0.2, 0.25) is 0 Å². The summed E-state index contributed by atoms with van der Waals surface area (Å²) in [5.74, 6) is -2.09. The molecule has 0 aliphatic carbocycles. The van der Waals surface area contributed by atoms with Crippen molar-refractivity contribution in [1.29, 1.82) is 0 Å². The molecule has 0 aromatic heterocycles. The first-order chi connectivity index (χ1) is 12.1. The SMILES string of the molecule is O=C1NCC(c2cccc(Cl)c2F)c2c1ccc(NC1CNC1)c2F. The van der Waals surface area contributed by atoms with Crippen molar-refractivity contribution >= 4 is 23.2 Å². The number of rotatable bonds is 3. The van der Waals surface area contributed by atoms with E-state index >= 15 is 4.39 Å². The van der Waals surface area contributed by atoms with Gasteiger partial charge in [-0.05, 0) is 23.8 Å². The molecule has 2 aromatic rings. The molecule has 25 heavy (non-hydrogen) atoms. The van der Waals surface area contributed by atoms with Gasteiger partial charge in [-0.2, -0.15) is 0 Å². The van der Waals surface area contributed by atoms with E-state index in [1.165, 1.54) is 6.07 Å². The average Bonchev–Trinajstić information content (AvgIpc) is 2.56. The lowest BCUT2D eigenvalue weighted by atomic mass is 9.84. The molecule has 1 atom stereocenters. The molecule has 0 bridgehead atoms. The van der Waals surface area contributed by atoms with E-state index in [9.17, 15) is 9.18 Å². The van der Waals surface area contributed by atoms with Crippen molar-refractivity contribution in [2.75, 3.05) is 25.0 Å². The maximum atomic E-state index is 15.2. The van der Waals surface area contributed by atoms with E-state index in [4.69, 9.17) is 11.6 Å². The van der Waals surface area contributed by atoms with Crippen molar-refractivity contribution in [1.82, 2.24) is 10.6 Å². The van der Waals surface area contributed by atoms with Crippen LogP contribution in [0.25, 0.3) is 0 Å². The lowest BCUT2D eigenvalue weighted by molar-refractivity contribution is 0.0941. The second-order valence-corrected chi connectivity index (χ2v) is 6.70. The van der Waals surface area contributed by atoms with Crippen LogP contribution in [0.5, 0.6) is 0 Å². The van der Waals surface area contributed by atoms with Gasteiger partial charge in [0.15, 0.2) is 5.82 Å². The summed E-state index contributed by atoms with van der Waals surface area (Å²) in [6.07, 6.45) is 0. The second kappa shape index (κ2) is 6.28. The third-order valence-corrected chi connectivity index (χ3v) is 5.03. The fourth-order valence-corrected chi connectivity index (χ4v) is 3.48. The van der Waals surface area contributed by atoms with Gasteiger partial charge in [-0.1, -0.05) is 23.7 Å². The smallest absolute Gasteiger partial charge is 0.251 e. The van der Waals surface area contributed by atoms with E-state index in [2.05, 4.69) is 16.0 Å². The Balaban J connectivity index is 1.82. The van der Waals surface area contributed by atoms with Crippen LogP contribution in [0.1, 0.15) is 27.4 Å². The Morgan fingerprint density at radius 3 is 2.60 bits per heavy atom. The Morgan fingerprint density at radius 1 is 1.08 bits per heavy atom. The van der Waals surface area contributed by atoms with E-state index in [-0.39, 0.29) is 40.2 Å². The van der Waals surface area contributed by atoms with Crippen LogP contribution in [-0.2, 0) is 0 Å². The zero-order valence-corrected chi connectivity index (χ0v) is 14.0. The summed E-state index contributed by atoms with van der Waals surface area (Å²) in [5.41, 5.74) is 1.04. The van der Waals surface area contributed by atoms with Crippen molar-refractivity contribution in [3.63, 3.8) is 0 Å². The van der Waals surface area contributed by atoms with E-state index in [1.807, 2.05) is 0 Å². The van der Waals surface area contributed by atoms with Crippen LogP contribution in [0, 0.1) is 11.6 Å². The van der Waals surface area contributed by atoms with Gasteiger partial charge in [0.25, 0.3) is 5.91 Å². The van der Waals surface area contributed by atoms with Gasteiger partial charge in [0, 0.05) is 36.7 Å². The number of halogens is 3. The van der Waals surface area contributed by atoms with E-state index in [0.29, 0.717) is 5.69 Å². The molecular weight excluding hydrogens is 348 g/mol. The highest BCUT2D eigenvalue weighted by Crippen LogP contribution is 2.37. The first-order valence-corrected chi connectivity index (χ1v) is 8.46. The van der Waals surface area contributed by atoms with Crippen LogP contribution in [0.2, 0.25) is 5.02 Å². The predicted molar refractivity (Wildman–Crippen MR) is 92.3 cm³/mol. The summed E-state index contributed by atoms with van der Waals surface area (Å²) in [7, 11) is 0. The lowest BCUT2D eigenvalue weighted by Gasteiger charge is -2.31. The van der Waals surface area contributed by atoms with Crippen LogP contribution in [0.15, 0.2) is 30.3 Å². The van der Waals surface area contributed by atoms with E-state index in [1.54, 1.807) is 24.3 Å². The first kappa shape index (κ1) is 16.3. The molecule has 2 aliphatic heterocycles. The van der Waals surface area contributed by atoms with Gasteiger partial charge >= 0.3 is 0 Å². The summed E-state index contributed by atoms with van der Waals surface area (Å²) in [6.45, 7) is 1.63. The highest BCUT2D eigenvalue weighted by atomic mass is 35.5. The van der Waals surface area contributed by atoms with Crippen molar-refractivity contribution in [3.05, 3.63) is 63.7 Å². The standard InChI is InChI=1S/C18H16ClF2N3O/c19-13-3-1-2-10(16(13)20)12-8-23-18(25)11-4-5-14(17(21)15(11)12)24-9-6-22-7-9/h1-5,9,12,22,24H,6-8H2,(H,23,25). The number of hydrogen-bond donors (Lipinski definition) is 3. The van der Waals surface area contributed by atoms with Crippen LogP contribution in [-0.4, -0.2) is 31.6 Å². The van der Waals surface area contributed by atoms with Gasteiger partial charge in [-0.3, -0.25) is 4.79 Å². The quantitative estimate of drug-likeness (QED) is 0.786. The zero-order chi connectivity index (χ0) is 17.6. The number of anilines is 1. The second-order valence-electron chi connectivity index (χ2n) is 6.29. The van der Waals surface area contributed by atoms with Gasteiger partial charge in [0.1, 0.15) is 5.82 Å². The summed E-state index contributed by atoms with van der Waals surface area (Å²) in [4.78, 5) is 12.1. The van der Waals surface area contributed by atoms with Crippen molar-refractivity contribution < 1.29 is 13.6 Å². The molecule has 2 aliphatic rings. The molecule has 130 valence electrons. The summed E-state index contributed by atoms with van der Waals surface area (Å²) in [6, 6.07) is 7.92. The summed E-state index contributed by atoms with van der Waals surface area (Å²) >= 11 is 5.88. The minimum absolute atomic E-state index is 0.0221.